The zero-order valence-corrected chi connectivity index (χ0v) is 15.5. The van der Waals surface area contributed by atoms with Gasteiger partial charge >= 0.3 is 0 Å². The van der Waals surface area contributed by atoms with E-state index in [0.717, 1.165) is 16.5 Å². The average Bonchev–Trinajstić information content (AvgIpc) is 3.05. The zero-order valence-electron chi connectivity index (χ0n) is 14.7. The fourth-order valence-corrected chi connectivity index (χ4v) is 5.41. The van der Waals surface area contributed by atoms with Gasteiger partial charge in [-0.05, 0) is 48.1 Å². The van der Waals surface area contributed by atoms with Gasteiger partial charge in [0.2, 0.25) is 0 Å². The monoisotopic (exact) mass is 386 g/mol. The Bertz CT molecular complexity index is 1020. The Kier molecular flexibility index (Phi) is 4.38. The smallest absolute Gasteiger partial charge is 0.250 e. The van der Waals surface area contributed by atoms with Crippen molar-refractivity contribution < 1.29 is 19.0 Å². The van der Waals surface area contributed by atoms with Crippen LogP contribution in [0.1, 0.15) is 34.7 Å². The van der Waals surface area contributed by atoms with Gasteiger partial charge < -0.3 is 15.8 Å². The van der Waals surface area contributed by atoms with Crippen LogP contribution in [0.25, 0.3) is 22.0 Å². The van der Waals surface area contributed by atoms with Crippen molar-refractivity contribution in [2.45, 2.75) is 18.8 Å². The first-order chi connectivity index (χ1) is 12.9. The van der Waals surface area contributed by atoms with Crippen LogP contribution >= 0.6 is 10.6 Å². The number of aromatic nitrogens is 1. The highest BCUT2D eigenvalue weighted by atomic mass is 32.3. The Hall–Kier alpha value is -2.48. The number of hydrogen-bond acceptors (Lipinski definition) is 4. The van der Waals surface area contributed by atoms with Gasteiger partial charge in [-0.1, -0.05) is 18.2 Å². The average molecular weight is 386 g/mol. The SMILES string of the molecule is NC(=O)c1cc(-c2ccccc2O)cc2c(C3CCS(O)(O)CC3)c[nH]c12. The molecule has 0 atom stereocenters. The maximum atomic E-state index is 12.0. The minimum absolute atomic E-state index is 0.135. The summed E-state index contributed by atoms with van der Waals surface area (Å²) in [7, 11) is -2.46. The number of benzene rings is 2. The number of nitrogens with two attached hydrogens (primary N) is 1. The van der Waals surface area contributed by atoms with Crippen LogP contribution in [0.4, 0.5) is 0 Å². The van der Waals surface area contributed by atoms with E-state index < -0.39 is 16.5 Å². The third-order valence-corrected chi connectivity index (χ3v) is 7.11. The highest BCUT2D eigenvalue weighted by Gasteiger charge is 2.27. The van der Waals surface area contributed by atoms with Gasteiger partial charge in [0, 0.05) is 28.7 Å². The van der Waals surface area contributed by atoms with Gasteiger partial charge in [-0.15, -0.1) is 0 Å². The quantitative estimate of drug-likeness (QED) is 0.462. The second-order valence-electron chi connectivity index (χ2n) is 7.06. The van der Waals surface area contributed by atoms with E-state index >= 15 is 0 Å². The van der Waals surface area contributed by atoms with Crippen molar-refractivity contribution >= 4 is 27.4 Å². The lowest BCUT2D eigenvalue weighted by atomic mass is 9.90. The number of aromatic amines is 1. The minimum Gasteiger partial charge on any atom is -0.507 e. The summed E-state index contributed by atoms with van der Waals surface area (Å²) >= 11 is 0. The first-order valence-corrected chi connectivity index (χ1v) is 10.7. The van der Waals surface area contributed by atoms with Gasteiger partial charge in [-0.25, -0.2) is 0 Å². The second kappa shape index (κ2) is 6.60. The normalized spacial score (nSPS) is 18.4. The number of amides is 1. The topological polar surface area (TPSA) is 120 Å². The molecule has 3 aromatic rings. The molecule has 27 heavy (non-hydrogen) atoms. The van der Waals surface area contributed by atoms with Crippen LogP contribution in [0.15, 0.2) is 42.6 Å². The van der Waals surface area contributed by atoms with Gasteiger partial charge in [-0.3, -0.25) is 13.9 Å². The first-order valence-electron chi connectivity index (χ1n) is 8.82. The Labute approximate surface area is 158 Å². The number of primary amides is 1. The van der Waals surface area contributed by atoms with Gasteiger partial charge in [0.25, 0.3) is 5.91 Å². The molecule has 0 saturated carbocycles. The number of rotatable bonds is 3. The lowest BCUT2D eigenvalue weighted by Crippen LogP contribution is -2.19. The summed E-state index contributed by atoms with van der Waals surface area (Å²) in [6.45, 7) is 0. The third kappa shape index (κ3) is 3.29. The summed E-state index contributed by atoms with van der Waals surface area (Å²) in [5.41, 5.74) is 9.04. The van der Waals surface area contributed by atoms with Gasteiger partial charge in [0.05, 0.1) is 11.1 Å². The van der Waals surface area contributed by atoms with Gasteiger partial charge in [0.15, 0.2) is 0 Å². The number of phenols is 1. The number of fused-ring (bicyclic) bond motifs is 1. The Morgan fingerprint density at radius 1 is 1.15 bits per heavy atom. The number of aromatic hydroxyl groups is 1. The largest absolute Gasteiger partial charge is 0.507 e. The van der Waals surface area contributed by atoms with E-state index in [1.807, 2.05) is 18.3 Å². The summed E-state index contributed by atoms with van der Waals surface area (Å²) in [6.07, 6.45) is 3.25. The predicted octanol–water partition coefficient (Wildman–Crippen LogP) is 4.27. The number of hydrogen-bond donors (Lipinski definition) is 5. The zero-order chi connectivity index (χ0) is 19.2. The van der Waals surface area contributed by atoms with E-state index in [9.17, 15) is 19.0 Å². The third-order valence-electron chi connectivity index (χ3n) is 5.33. The molecule has 1 amide bonds. The Morgan fingerprint density at radius 3 is 2.52 bits per heavy atom. The summed E-state index contributed by atoms with van der Waals surface area (Å²) in [4.78, 5) is 15.2. The van der Waals surface area contributed by atoms with Gasteiger partial charge in [0.1, 0.15) is 5.75 Å². The van der Waals surface area contributed by atoms with Crippen LogP contribution < -0.4 is 5.73 Å². The molecule has 1 fully saturated rings. The van der Waals surface area contributed by atoms with Gasteiger partial charge in [-0.2, -0.15) is 10.6 Å². The Morgan fingerprint density at radius 2 is 1.85 bits per heavy atom. The molecule has 6 N–H and O–H groups in total. The number of phenolic OH excluding ortho intramolecular Hbond substituents is 1. The number of H-pyrrole nitrogens is 1. The van der Waals surface area contributed by atoms with Crippen LogP contribution in [0, 0.1) is 0 Å². The van der Waals surface area contributed by atoms with Crippen molar-refractivity contribution in [3.05, 3.63) is 53.7 Å². The molecule has 0 unspecified atom stereocenters. The predicted molar refractivity (Wildman–Crippen MR) is 108 cm³/mol. The van der Waals surface area contributed by atoms with Crippen molar-refractivity contribution in [2.75, 3.05) is 11.5 Å². The minimum atomic E-state index is -2.46. The van der Waals surface area contributed by atoms with Crippen LogP contribution in [-0.4, -0.2) is 36.6 Å². The summed E-state index contributed by atoms with van der Waals surface area (Å²) in [5, 5.41) is 11.1. The fraction of sp³-hybridized carbons (Fsp3) is 0.250. The summed E-state index contributed by atoms with van der Waals surface area (Å²) in [6, 6.07) is 10.6. The first kappa shape index (κ1) is 17.9. The van der Waals surface area contributed by atoms with E-state index in [0.29, 0.717) is 41.0 Å². The van der Waals surface area contributed by atoms with Crippen molar-refractivity contribution in [2.24, 2.45) is 5.73 Å². The Balaban J connectivity index is 1.86. The van der Waals surface area contributed by atoms with E-state index in [1.54, 1.807) is 24.3 Å². The molecule has 0 aliphatic carbocycles. The molecule has 1 aliphatic heterocycles. The highest BCUT2D eigenvalue weighted by molar-refractivity contribution is 8.24. The summed E-state index contributed by atoms with van der Waals surface area (Å²) in [5.74, 6) is 0.566. The van der Waals surface area contributed by atoms with E-state index in [-0.39, 0.29) is 11.7 Å². The molecule has 0 bridgehead atoms. The molecule has 142 valence electrons. The van der Waals surface area contributed by atoms with Crippen LogP contribution in [0.5, 0.6) is 5.75 Å². The molecule has 2 heterocycles. The molecule has 0 radical (unpaired) electrons. The van der Waals surface area contributed by atoms with Crippen molar-refractivity contribution in [3.8, 4) is 16.9 Å². The van der Waals surface area contributed by atoms with E-state index in [4.69, 9.17) is 5.73 Å². The fourth-order valence-electron chi connectivity index (χ4n) is 3.88. The van der Waals surface area contributed by atoms with Crippen LogP contribution in [0.2, 0.25) is 0 Å². The highest BCUT2D eigenvalue weighted by Crippen LogP contribution is 2.49. The molecule has 7 heteroatoms. The lowest BCUT2D eigenvalue weighted by molar-refractivity contribution is 0.100. The van der Waals surface area contributed by atoms with Crippen LogP contribution in [0.3, 0.4) is 0 Å². The van der Waals surface area contributed by atoms with Crippen molar-refractivity contribution in [1.82, 2.24) is 4.98 Å². The molecular weight excluding hydrogens is 364 g/mol. The van der Waals surface area contributed by atoms with E-state index in [2.05, 4.69) is 4.98 Å². The second-order valence-corrected chi connectivity index (χ2v) is 9.48. The molecule has 4 rings (SSSR count). The standard InChI is InChI=1S/C20H22N2O4S/c21-20(24)16-10-13(14-3-1-2-4-18(14)23)9-15-17(11-22-19(15)16)12-5-7-27(25,26)8-6-12/h1-4,9-12,22-23,25-26H,5-8H2,(H2,21,24). The molecule has 1 saturated heterocycles. The summed E-state index contributed by atoms with van der Waals surface area (Å²) < 4.78 is 19.8. The molecular formula is C20H22N2O4S. The number of carbonyl (C=O) groups is 1. The van der Waals surface area contributed by atoms with Crippen LogP contribution in [-0.2, 0) is 0 Å². The molecule has 0 spiro atoms. The maximum absolute atomic E-state index is 12.0. The molecule has 1 aromatic heterocycles. The van der Waals surface area contributed by atoms with E-state index in [1.165, 1.54) is 0 Å². The number of carbonyl (C=O) groups excluding carboxylic acids is 1. The maximum Gasteiger partial charge on any atom is 0.250 e. The molecule has 1 aliphatic rings. The molecule has 2 aromatic carbocycles. The molecule has 6 nitrogen and oxygen atoms in total. The number of para-hydroxylation sites is 1. The lowest BCUT2D eigenvalue weighted by Gasteiger charge is -2.39. The van der Waals surface area contributed by atoms with Crippen molar-refractivity contribution in [3.63, 3.8) is 0 Å². The number of nitrogens with one attached hydrogen (secondary N) is 1. The van der Waals surface area contributed by atoms with Crippen molar-refractivity contribution in [1.29, 1.82) is 0 Å².